The molecule has 0 fully saturated rings. The SMILES string of the molecule is COC(=O)c1cccc(-c2noc([C@@H]3CCn4ccnc4C3)n2)c1. The van der Waals surface area contributed by atoms with Crippen LogP contribution in [0.5, 0.6) is 0 Å². The van der Waals surface area contributed by atoms with E-state index in [0.29, 0.717) is 17.3 Å². The molecule has 1 atom stereocenters. The lowest BCUT2D eigenvalue weighted by Gasteiger charge is -2.19. The van der Waals surface area contributed by atoms with Gasteiger partial charge in [0.05, 0.1) is 12.7 Å². The Morgan fingerprint density at radius 1 is 1.42 bits per heavy atom. The summed E-state index contributed by atoms with van der Waals surface area (Å²) >= 11 is 0. The van der Waals surface area contributed by atoms with Crippen LogP contribution in [-0.4, -0.2) is 32.8 Å². The van der Waals surface area contributed by atoms with Gasteiger partial charge in [0.1, 0.15) is 5.82 Å². The summed E-state index contributed by atoms with van der Waals surface area (Å²) in [7, 11) is 1.36. The molecule has 24 heavy (non-hydrogen) atoms. The van der Waals surface area contributed by atoms with Crippen molar-refractivity contribution in [2.24, 2.45) is 0 Å². The second kappa shape index (κ2) is 5.92. The van der Waals surface area contributed by atoms with Gasteiger partial charge in [0, 0.05) is 36.8 Å². The van der Waals surface area contributed by atoms with Gasteiger partial charge < -0.3 is 13.8 Å². The second-order valence-corrected chi connectivity index (χ2v) is 5.76. The fourth-order valence-corrected chi connectivity index (χ4v) is 2.98. The van der Waals surface area contributed by atoms with Gasteiger partial charge in [-0.25, -0.2) is 9.78 Å². The molecular weight excluding hydrogens is 308 g/mol. The number of esters is 1. The third-order valence-electron chi connectivity index (χ3n) is 4.28. The van der Waals surface area contributed by atoms with Gasteiger partial charge in [-0.15, -0.1) is 0 Å². The highest BCUT2D eigenvalue weighted by Gasteiger charge is 2.25. The van der Waals surface area contributed by atoms with Crippen molar-refractivity contribution in [1.82, 2.24) is 19.7 Å². The summed E-state index contributed by atoms with van der Waals surface area (Å²) in [4.78, 5) is 20.5. The number of ether oxygens (including phenoxy) is 1. The molecule has 1 aromatic carbocycles. The van der Waals surface area contributed by atoms with E-state index in [1.807, 2.05) is 18.5 Å². The van der Waals surface area contributed by atoms with E-state index in [2.05, 4.69) is 19.7 Å². The second-order valence-electron chi connectivity index (χ2n) is 5.76. The molecule has 4 rings (SSSR count). The van der Waals surface area contributed by atoms with Gasteiger partial charge in [-0.05, 0) is 18.6 Å². The minimum atomic E-state index is -0.389. The molecule has 0 aliphatic carbocycles. The van der Waals surface area contributed by atoms with Crippen LogP contribution in [0.25, 0.3) is 11.4 Å². The summed E-state index contributed by atoms with van der Waals surface area (Å²) in [5, 5.41) is 4.07. The number of carbonyl (C=O) groups excluding carboxylic acids is 1. The first-order valence-electron chi connectivity index (χ1n) is 7.77. The highest BCUT2D eigenvalue weighted by molar-refractivity contribution is 5.90. The van der Waals surface area contributed by atoms with Crippen LogP contribution in [0.3, 0.4) is 0 Å². The quantitative estimate of drug-likeness (QED) is 0.688. The van der Waals surface area contributed by atoms with Gasteiger partial charge in [0.25, 0.3) is 0 Å². The molecule has 0 bridgehead atoms. The molecule has 0 unspecified atom stereocenters. The molecular formula is C17H16N4O3. The molecule has 0 radical (unpaired) electrons. The smallest absolute Gasteiger partial charge is 0.337 e. The van der Waals surface area contributed by atoms with E-state index in [1.165, 1.54) is 7.11 Å². The maximum Gasteiger partial charge on any atom is 0.337 e. The lowest BCUT2D eigenvalue weighted by molar-refractivity contribution is 0.0601. The highest BCUT2D eigenvalue weighted by atomic mass is 16.5. The van der Waals surface area contributed by atoms with Crippen molar-refractivity contribution in [1.29, 1.82) is 0 Å². The third-order valence-corrected chi connectivity index (χ3v) is 4.28. The maximum absolute atomic E-state index is 11.6. The van der Waals surface area contributed by atoms with Crippen molar-refractivity contribution < 1.29 is 14.1 Å². The van der Waals surface area contributed by atoms with Crippen LogP contribution in [0.4, 0.5) is 0 Å². The summed E-state index contributed by atoms with van der Waals surface area (Å²) < 4.78 is 12.3. The monoisotopic (exact) mass is 324 g/mol. The normalized spacial score (nSPS) is 16.6. The van der Waals surface area contributed by atoms with Gasteiger partial charge in [-0.2, -0.15) is 4.98 Å². The first-order chi connectivity index (χ1) is 11.7. The molecule has 1 aliphatic rings. The molecule has 3 aromatic rings. The number of nitrogens with zero attached hydrogens (tertiary/aromatic N) is 4. The Hall–Kier alpha value is -2.96. The summed E-state index contributed by atoms with van der Waals surface area (Å²) in [5.41, 5.74) is 1.19. The molecule has 0 N–H and O–H groups in total. The number of hydrogen-bond donors (Lipinski definition) is 0. The number of aryl methyl sites for hydroxylation is 1. The van der Waals surface area contributed by atoms with Crippen molar-refractivity contribution in [3.63, 3.8) is 0 Å². The van der Waals surface area contributed by atoms with Gasteiger partial charge in [0.15, 0.2) is 0 Å². The number of aromatic nitrogens is 4. The third kappa shape index (κ3) is 2.58. The molecule has 122 valence electrons. The number of benzene rings is 1. The van der Waals surface area contributed by atoms with Crippen molar-refractivity contribution in [2.75, 3.05) is 7.11 Å². The van der Waals surface area contributed by atoms with E-state index < -0.39 is 0 Å². The van der Waals surface area contributed by atoms with E-state index >= 15 is 0 Å². The number of imidazole rings is 1. The summed E-state index contributed by atoms with van der Waals surface area (Å²) in [5.74, 6) is 1.91. The Bertz CT molecular complexity index is 883. The van der Waals surface area contributed by atoms with Crippen molar-refractivity contribution in [3.05, 3.63) is 53.9 Å². The van der Waals surface area contributed by atoms with Crippen LogP contribution in [0.15, 0.2) is 41.2 Å². The van der Waals surface area contributed by atoms with Crippen molar-refractivity contribution in [2.45, 2.75) is 25.3 Å². The van der Waals surface area contributed by atoms with Crippen LogP contribution in [-0.2, 0) is 17.7 Å². The van der Waals surface area contributed by atoms with Crippen LogP contribution >= 0.6 is 0 Å². The Labute approximate surface area is 138 Å². The zero-order chi connectivity index (χ0) is 16.5. The molecule has 2 aromatic heterocycles. The Balaban J connectivity index is 1.58. The largest absolute Gasteiger partial charge is 0.465 e. The average Bonchev–Trinajstić information content (AvgIpc) is 3.29. The van der Waals surface area contributed by atoms with Crippen LogP contribution < -0.4 is 0 Å². The fourth-order valence-electron chi connectivity index (χ4n) is 2.98. The molecule has 0 amide bonds. The van der Waals surface area contributed by atoms with E-state index in [9.17, 15) is 4.79 Å². The summed E-state index contributed by atoms with van der Waals surface area (Å²) in [6, 6.07) is 7.01. The zero-order valence-corrected chi connectivity index (χ0v) is 13.2. The minimum Gasteiger partial charge on any atom is -0.465 e. The first-order valence-corrected chi connectivity index (χ1v) is 7.77. The lowest BCUT2D eigenvalue weighted by atomic mass is 9.98. The van der Waals surface area contributed by atoms with E-state index in [4.69, 9.17) is 9.26 Å². The number of carbonyl (C=O) groups is 1. The Morgan fingerprint density at radius 3 is 3.21 bits per heavy atom. The number of fused-ring (bicyclic) bond motifs is 1. The maximum atomic E-state index is 11.6. The highest BCUT2D eigenvalue weighted by Crippen LogP contribution is 2.29. The Kier molecular flexibility index (Phi) is 3.60. The molecule has 0 saturated heterocycles. The summed E-state index contributed by atoms with van der Waals surface area (Å²) in [6.07, 6.45) is 5.53. The fraction of sp³-hybridized carbons (Fsp3) is 0.294. The topological polar surface area (TPSA) is 83.0 Å². The average molecular weight is 324 g/mol. The van der Waals surface area contributed by atoms with Crippen LogP contribution in [0, 0.1) is 0 Å². The number of rotatable bonds is 3. The van der Waals surface area contributed by atoms with E-state index in [0.717, 1.165) is 30.8 Å². The standard InChI is InChI=1S/C17H16N4O3/c1-23-17(22)13-4-2-3-11(9-13)15-19-16(24-20-15)12-5-7-21-8-6-18-14(21)10-12/h2-4,6,8-9,12H,5,7,10H2,1H3/t12-/m1/s1. The Morgan fingerprint density at radius 2 is 2.33 bits per heavy atom. The van der Waals surface area contributed by atoms with Gasteiger partial charge in [-0.3, -0.25) is 0 Å². The van der Waals surface area contributed by atoms with E-state index in [-0.39, 0.29) is 11.9 Å². The first kappa shape index (κ1) is 14.6. The van der Waals surface area contributed by atoms with Gasteiger partial charge in [0.2, 0.25) is 11.7 Å². The van der Waals surface area contributed by atoms with E-state index in [1.54, 1.807) is 18.2 Å². The molecule has 0 saturated carbocycles. The molecule has 1 aliphatic heterocycles. The van der Waals surface area contributed by atoms with Gasteiger partial charge >= 0.3 is 5.97 Å². The lowest BCUT2D eigenvalue weighted by Crippen LogP contribution is -2.18. The summed E-state index contributed by atoms with van der Waals surface area (Å²) in [6.45, 7) is 0.898. The number of methoxy groups -OCH3 is 1. The minimum absolute atomic E-state index is 0.171. The molecule has 3 heterocycles. The van der Waals surface area contributed by atoms with Gasteiger partial charge in [-0.1, -0.05) is 17.3 Å². The molecule has 7 heteroatoms. The van der Waals surface area contributed by atoms with Crippen molar-refractivity contribution >= 4 is 5.97 Å². The molecule has 7 nitrogen and oxygen atoms in total. The van der Waals surface area contributed by atoms with Crippen molar-refractivity contribution in [3.8, 4) is 11.4 Å². The predicted molar refractivity (Wildman–Crippen MR) is 84.4 cm³/mol. The van der Waals surface area contributed by atoms with Crippen LogP contribution in [0.2, 0.25) is 0 Å². The predicted octanol–water partition coefficient (Wildman–Crippen LogP) is 2.45. The molecule has 0 spiro atoms. The van der Waals surface area contributed by atoms with Crippen LogP contribution in [0.1, 0.15) is 34.4 Å². The zero-order valence-electron chi connectivity index (χ0n) is 13.2. The number of hydrogen-bond acceptors (Lipinski definition) is 6.